The van der Waals surface area contributed by atoms with Crippen LogP contribution in [-0.4, -0.2) is 63.1 Å². The number of anilines is 1. The van der Waals surface area contributed by atoms with E-state index in [0.717, 1.165) is 0 Å². The van der Waals surface area contributed by atoms with E-state index in [4.69, 9.17) is 14.9 Å². The number of aliphatic hydroxyl groups excluding tert-OH is 2. The van der Waals surface area contributed by atoms with E-state index in [0.29, 0.717) is 11.6 Å². The van der Waals surface area contributed by atoms with Crippen LogP contribution < -0.4 is 10.5 Å². The Morgan fingerprint density at radius 1 is 1.45 bits per heavy atom. The molecule has 0 fully saturated rings. The minimum absolute atomic E-state index is 0.0333. The summed E-state index contributed by atoms with van der Waals surface area (Å²) in [6, 6.07) is 0. The van der Waals surface area contributed by atoms with E-state index in [-0.39, 0.29) is 31.0 Å². The molecule has 2 heterocycles. The van der Waals surface area contributed by atoms with Gasteiger partial charge in [0, 0.05) is 14.1 Å². The van der Waals surface area contributed by atoms with Gasteiger partial charge >= 0.3 is 0 Å². The van der Waals surface area contributed by atoms with Crippen LogP contribution in [0.2, 0.25) is 0 Å². The molecule has 0 radical (unpaired) electrons. The van der Waals surface area contributed by atoms with E-state index < -0.39 is 6.10 Å². The third kappa shape index (κ3) is 2.79. The summed E-state index contributed by atoms with van der Waals surface area (Å²) >= 11 is 0. The van der Waals surface area contributed by atoms with E-state index in [1.54, 1.807) is 19.0 Å². The van der Waals surface area contributed by atoms with Crippen LogP contribution in [0.1, 0.15) is 0 Å². The number of aromatic nitrogens is 4. The summed E-state index contributed by atoms with van der Waals surface area (Å²) in [5, 5.41) is 17.9. The number of hydrogen-bond donors (Lipinski definition) is 3. The number of fused-ring (bicyclic) bond motifs is 1. The van der Waals surface area contributed by atoms with Crippen LogP contribution in [0, 0.1) is 0 Å². The molecule has 2 aromatic rings. The molecule has 3 N–H and O–H groups in total. The first-order valence-corrected chi connectivity index (χ1v) is 6.02. The second-order valence-corrected chi connectivity index (χ2v) is 4.45. The Kier molecular flexibility index (Phi) is 4.32. The smallest absolute Gasteiger partial charge is 0.280 e. The molecule has 0 aliphatic rings. The van der Waals surface area contributed by atoms with Crippen LogP contribution in [-0.2, 0) is 11.5 Å². The van der Waals surface area contributed by atoms with Gasteiger partial charge in [-0.25, -0.2) is 4.98 Å². The van der Waals surface area contributed by atoms with Gasteiger partial charge in [-0.1, -0.05) is 0 Å². The summed E-state index contributed by atoms with van der Waals surface area (Å²) in [4.78, 5) is 24.4. The van der Waals surface area contributed by atoms with E-state index in [1.165, 1.54) is 10.9 Å². The van der Waals surface area contributed by atoms with Crippen LogP contribution in [0.4, 0.5) is 5.95 Å². The Bertz CT molecular complexity index is 631. The third-order valence-electron chi connectivity index (χ3n) is 2.74. The largest absolute Gasteiger partial charge is 0.394 e. The zero-order chi connectivity index (χ0) is 14.7. The van der Waals surface area contributed by atoms with Crippen molar-refractivity contribution in [2.24, 2.45) is 0 Å². The first-order valence-electron chi connectivity index (χ1n) is 6.02. The van der Waals surface area contributed by atoms with E-state index >= 15 is 0 Å². The van der Waals surface area contributed by atoms with Crippen LogP contribution in [0.25, 0.3) is 11.2 Å². The van der Waals surface area contributed by atoms with Crippen molar-refractivity contribution < 1.29 is 14.9 Å². The molecule has 0 unspecified atom stereocenters. The van der Waals surface area contributed by atoms with Gasteiger partial charge in [-0.05, 0) is 0 Å². The zero-order valence-electron chi connectivity index (χ0n) is 11.3. The Hall–Kier alpha value is -1.97. The Morgan fingerprint density at radius 2 is 2.15 bits per heavy atom. The number of aliphatic hydroxyl groups is 2. The van der Waals surface area contributed by atoms with Crippen molar-refractivity contribution in [2.75, 3.05) is 32.2 Å². The first-order chi connectivity index (χ1) is 9.56. The summed E-state index contributed by atoms with van der Waals surface area (Å²) < 4.78 is 6.83. The molecule has 9 nitrogen and oxygen atoms in total. The Balaban J connectivity index is 2.32. The standard InChI is InChI=1S/C11H17N5O4/c1-15(2)11-13-9-8(10(19)14-11)12-5-16(9)6-20-7(3-17)4-18/h5,7,17-18H,3-4,6H2,1-2H3,(H,13,14,19). The molecular weight excluding hydrogens is 266 g/mol. The molecule has 0 aromatic carbocycles. The molecule has 0 saturated carbocycles. The van der Waals surface area contributed by atoms with Gasteiger partial charge in [-0.3, -0.25) is 14.3 Å². The fraction of sp³-hybridized carbons (Fsp3) is 0.545. The van der Waals surface area contributed by atoms with Crippen LogP contribution in [0.5, 0.6) is 0 Å². The maximum absolute atomic E-state index is 11.8. The second kappa shape index (κ2) is 5.99. The lowest BCUT2D eigenvalue weighted by Gasteiger charge is -2.14. The lowest BCUT2D eigenvalue weighted by molar-refractivity contribution is -0.0488. The molecule has 110 valence electrons. The molecule has 0 atom stereocenters. The summed E-state index contributed by atoms with van der Waals surface area (Å²) in [5.74, 6) is 0.408. The number of imidazole rings is 1. The molecule has 0 bridgehead atoms. The Labute approximate surface area is 114 Å². The van der Waals surface area contributed by atoms with Gasteiger partial charge in [0.15, 0.2) is 11.2 Å². The van der Waals surface area contributed by atoms with E-state index in [2.05, 4.69) is 15.0 Å². The highest BCUT2D eigenvalue weighted by atomic mass is 16.5. The summed E-state index contributed by atoms with van der Waals surface area (Å²) in [6.45, 7) is -0.550. The number of H-pyrrole nitrogens is 1. The lowest BCUT2D eigenvalue weighted by Crippen LogP contribution is -2.23. The quantitative estimate of drug-likeness (QED) is 0.591. The van der Waals surface area contributed by atoms with Crippen molar-refractivity contribution in [3.63, 3.8) is 0 Å². The van der Waals surface area contributed by atoms with Gasteiger partial charge in [0.25, 0.3) is 5.56 Å². The monoisotopic (exact) mass is 283 g/mol. The van der Waals surface area contributed by atoms with Gasteiger partial charge < -0.3 is 19.8 Å². The fourth-order valence-electron chi connectivity index (χ4n) is 1.60. The molecule has 2 aromatic heterocycles. The molecule has 0 aliphatic heterocycles. The molecule has 2 rings (SSSR count). The minimum atomic E-state index is -0.678. The number of nitrogens with zero attached hydrogens (tertiary/aromatic N) is 4. The number of hydrogen-bond acceptors (Lipinski definition) is 7. The summed E-state index contributed by atoms with van der Waals surface area (Å²) in [7, 11) is 3.52. The molecule has 0 amide bonds. The van der Waals surface area contributed by atoms with Crippen molar-refractivity contribution in [3.05, 3.63) is 16.7 Å². The maximum atomic E-state index is 11.8. The highest BCUT2D eigenvalue weighted by Gasteiger charge is 2.13. The van der Waals surface area contributed by atoms with Crippen molar-refractivity contribution in [1.82, 2.24) is 19.5 Å². The highest BCUT2D eigenvalue weighted by molar-refractivity contribution is 5.70. The first kappa shape index (κ1) is 14.4. The molecule has 0 saturated heterocycles. The number of nitrogens with one attached hydrogen (secondary N) is 1. The summed E-state index contributed by atoms with van der Waals surface area (Å²) in [6.07, 6.45) is 0.751. The fourth-order valence-corrected chi connectivity index (χ4v) is 1.60. The molecule has 0 spiro atoms. The summed E-state index contributed by atoms with van der Waals surface area (Å²) in [5.41, 5.74) is 0.258. The maximum Gasteiger partial charge on any atom is 0.280 e. The number of rotatable bonds is 6. The number of ether oxygens (including phenoxy) is 1. The van der Waals surface area contributed by atoms with Gasteiger partial charge in [0.05, 0.1) is 19.5 Å². The topological polar surface area (TPSA) is 116 Å². The van der Waals surface area contributed by atoms with Crippen molar-refractivity contribution >= 4 is 17.1 Å². The van der Waals surface area contributed by atoms with Gasteiger partial charge in [0.1, 0.15) is 12.8 Å². The van der Waals surface area contributed by atoms with Crippen molar-refractivity contribution in [3.8, 4) is 0 Å². The van der Waals surface area contributed by atoms with Gasteiger partial charge in [-0.2, -0.15) is 4.98 Å². The minimum Gasteiger partial charge on any atom is -0.394 e. The highest BCUT2D eigenvalue weighted by Crippen LogP contribution is 2.09. The average molecular weight is 283 g/mol. The second-order valence-electron chi connectivity index (χ2n) is 4.45. The predicted octanol–water partition coefficient (Wildman–Crippen LogP) is -1.49. The molecule has 0 aliphatic carbocycles. The molecule has 9 heteroatoms. The average Bonchev–Trinajstić information content (AvgIpc) is 2.83. The third-order valence-corrected chi connectivity index (χ3v) is 2.74. The van der Waals surface area contributed by atoms with Crippen LogP contribution in [0.15, 0.2) is 11.1 Å². The van der Waals surface area contributed by atoms with Crippen molar-refractivity contribution in [1.29, 1.82) is 0 Å². The molecule has 20 heavy (non-hydrogen) atoms. The predicted molar refractivity (Wildman–Crippen MR) is 71.5 cm³/mol. The van der Waals surface area contributed by atoms with Crippen molar-refractivity contribution in [2.45, 2.75) is 12.8 Å². The van der Waals surface area contributed by atoms with Gasteiger partial charge in [-0.15, -0.1) is 0 Å². The normalized spacial score (nSPS) is 11.4. The van der Waals surface area contributed by atoms with Crippen LogP contribution >= 0.6 is 0 Å². The van der Waals surface area contributed by atoms with Crippen LogP contribution in [0.3, 0.4) is 0 Å². The van der Waals surface area contributed by atoms with Gasteiger partial charge in [0.2, 0.25) is 5.95 Å². The SMILES string of the molecule is CN(C)c1nc2c(ncn2COC(CO)CO)c(=O)[nH]1. The van der Waals surface area contributed by atoms with E-state index in [1.807, 2.05) is 0 Å². The van der Waals surface area contributed by atoms with E-state index in [9.17, 15) is 4.79 Å². The zero-order valence-corrected chi connectivity index (χ0v) is 11.3. The molecular formula is C11H17N5O4. The Morgan fingerprint density at radius 3 is 2.75 bits per heavy atom. The lowest BCUT2D eigenvalue weighted by atomic mass is 10.4. The number of aromatic amines is 1.